The van der Waals surface area contributed by atoms with E-state index in [1.807, 2.05) is 105 Å². The number of amides is 5. The topological polar surface area (TPSA) is 125 Å². The fraction of sp³-hybridized carbons (Fsp3) is 0.356. The van der Waals surface area contributed by atoms with E-state index in [4.69, 9.17) is 0 Å². The van der Waals surface area contributed by atoms with Gasteiger partial charge in [0.1, 0.15) is 6.23 Å². The Hall–Kier alpha value is -5.82. The van der Waals surface area contributed by atoms with Gasteiger partial charge in [0, 0.05) is 23.0 Å². The average Bonchev–Trinajstić information content (AvgIpc) is 4.16. The quantitative estimate of drug-likeness (QED) is 0.226. The van der Waals surface area contributed by atoms with Gasteiger partial charge in [-0.25, -0.2) is 0 Å². The second-order valence-electron chi connectivity index (χ2n) is 18.6. The molecule has 4 heterocycles. The highest BCUT2D eigenvalue weighted by Gasteiger charge is 2.74. The van der Waals surface area contributed by atoms with Crippen molar-refractivity contribution < 1.29 is 29.1 Å². The van der Waals surface area contributed by atoms with Gasteiger partial charge < -0.3 is 24.1 Å². The Kier molecular flexibility index (Phi) is 7.22. The normalized spacial score (nSPS) is 37.7. The van der Waals surface area contributed by atoms with E-state index in [9.17, 15) is 5.11 Å². The Bertz CT molecular complexity index is 2300. The number of carbonyl (C=O) groups is 5. The van der Waals surface area contributed by atoms with Gasteiger partial charge in [0.15, 0.2) is 0 Å². The summed E-state index contributed by atoms with van der Waals surface area (Å²) in [6.45, 7) is 0. The monoisotopic (exact) mass is 794 g/mol. The molecule has 3 aromatic rings. The molecule has 13 rings (SSSR count). The second kappa shape index (κ2) is 12.4. The molecule has 4 aliphatic heterocycles. The zero-order valence-corrected chi connectivity index (χ0v) is 32.7. The molecule has 7 fully saturated rings. The maximum absolute atomic E-state index is 15.4. The van der Waals surface area contributed by atoms with Gasteiger partial charge in [-0.3, -0.25) is 33.6 Å². The molecule has 6 aliphatic carbocycles. The molecule has 13 atom stereocenters. The van der Waals surface area contributed by atoms with Crippen molar-refractivity contribution >= 4 is 68.0 Å². The van der Waals surface area contributed by atoms with E-state index in [-0.39, 0.29) is 71.0 Å². The molecule has 12 nitrogen and oxygen atoms in total. The summed E-state index contributed by atoms with van der Waals surface area (Å²) in [4.78, 5) is 80.9. The number of nitrogens with zero attached hydrogens (tertiary/aromatic N) is 6. The molecule has 0 radical (unpaired) electrons. The summed E-state index contributed by atoms with van der Waals surface area (Å²) in [5.74, 6) is -4.92. The molecule has 296 valence electrons. The summed E-state index contributed by atoms with van der Waals surface area (Å²) in [6.07, 6.45) is 13.5. The lowest BCUT2D eigenvalue weighted by atomic mass is 9.52. The molecule has 0 aromatic heterocycles. The summed E-state index contributed by atoms with van der Waals surface area (Å²) in [7, 11) is -3.77. The van der Waals surface area contributed by atoms with Crippen molar-refractivity contribution in [1.82, 2.24) is 14.4 Å². The van der Waals surface area contributed by atoms with Gasteiger partial charge in [-0.15, -0.1) is 0 Å². The Morgan fingerprint density at radius 1 is 0.400 bits per heavy atom. The number of hydrogen-bond acceptors (Lipinski definition) is 9. The van der Waals surface area contributed by atoms with Crippen LogP contribution in [0.25, 0.3) is 0 Å². The minimum Gasteiger partial charge on any atom is -0.384 e. The molecule has 0 spiro atoms. The van der Waals surface area contributed by atoms with Gasteiger partial charge in [-0.1, -0.05) is 91.1 Å². The van der Waals surface area contributed by atoms with Crippen LogP contribution in [0.3, 0.4) is 0 Å². The van der Waals surface area contributed by atoms with E-state index in [1.165, 1.54) is 14.4 Å². The minimum atomic E-state index is -1.28. The van der Waals surface area contributed by atoms with Gasteiger partial charge in [0.05, 0.1) is 29.6 Å². The molecule has 10 aliphatic rings. The third kappa shape index (κ3) is 4.35. The van der Waals surface area contributed by atoms with Crippen molar-refractivity contribution in [2.24, 2.45) is 71.0 Å². The number of aliphatic hydroxyl groups excluding tert-OH is 1. The van der Waals surface area contributed by atoms with E-state index < -0.39 is 57.2 Å². The smallest absolute Gasteiger partial charge is 0.384 e. The SMILES string of the molecule is O=C1C2C3C=CC(C3)C2C(=O)N1B1N(c2ccccc2)B(N2C(=O)C3C4C=CC(C4)C3C2=O)N(c2ccccc2)B(N2C(=O)C3C4C=CC(C4)C3C2O)N1c1ccccc1. The highest BCUT2D eigenvalue weighted by atomic mass is 16.3. The third-order valence-corrected chi connectivity index (χ3v) is 16.1. The van der Waals surface area contributed by atoms with Gasteiger partial charge in [0.25, 0.3) is 0 Å². The maximum atomic E-state index is 15.4. The fourth-order valence-electron chi connectivity index (χ4n) is 13.8. The largest absolute Gasteiger partial charge is 0.494 e. The number of anilines is 3. The van der Waals surface area contributed by atoms with Crippen LogP contribution in [-0.4, -0.2) is 76.7 Å². The van der Waals surface area contributed by atoms with Gasteiger partial charge >= 0.3 is 21.4 Å². The van der Waals surface area contributed by atoms with Crippen LogP contribution in [-0.2, 0) is 24.0 Å². The number of aliphatic hydroxyl groups is 1. The zero-order valence-electron chi connectivity index (χ0n) is 32.7. The summed E-state index contributed by atoms with van der Waals surface area (Å²) in [5, 5.41) is 12.7. The first-order valence-electron chi connectivity index (χ1n) is 21.6. The molecule has 15 heteroatoms. The number of imide groups is 2. The first kappa shape index (κ1) is 35.0. The highest BCUT2D eigenvalue weighted by molar-refractivity contribution is 7.05. The molecular weight excluding hydrogens is 753 g/mol. The molecular formula is C45H41B3N6O6. The van der Waals surface area contributed by atoms with Gasteiger partial charge in [-0.2, -0.15) is 0 Å². The molecule has 13 unspecified atom stereocenters. The second-order valence-corrected chi connectivity index (χ2v) is 18.6. The number of carbonyl (C=O) groups excluding carboxylic acids is 5. The van der Waals surface area contributed by atoms with Gasteiger partial charge in [-0.05, 0) is 91.2 Å². The molecule has 5 amide bonds. The predicted molar refractivity (Wildman–Crippen MR) is 224 cm³/mol. The number of fused-ring (bicyclic) bond motifs is 15. The number of hydrogen-bond donors (Lipinski definition) is 1. The standard InChI is InChI=1S/C45H41B3N6O6/c55-40-34-25-16-17-26(22-25)35(34)41(56)49(40)46-52(31-10-4-1-5-11-31)47(50-42(57)36-27-18-19-28(23-27)37(36)43(50)58)54(33-14-8-3-9-15-33)48(53(46)32-12-6-2-7-13-32)51-44(59)38-29-20-21-30(24-29)39(38)45(51)60/h1-21,25-30,34-40,55H,22-24H2. The Labute approximate surface area is 348 Å². The molecule has 3 saturated carbocycles. The number of para-hydroxylation sites is 3. The summed E-state index contributed by atoms with van der Waals surface area (Å²) >= 11 is 0. The van der Waals surface area contributed by atoms with Crippen LogP contribution in [0.4, 0.5) is 17.1 Å². The average molecular weight is 794 g/mol. The molecule has 1 N–H and O–H groups in total. The van der Waals surface area contributed by atoms with Crippen LogP contribution in [0, 0.1) is 71.0 Å². The van der Waals surface area contributed by atoms with Crippen molar-refractivity contribution in [3.63, 3.8) is 0 Å². The Morgan fingerprint density at radius 2 is 0.717 bits per heavy atom. The van der Waals surface area contributed by atoms with Crippen LogP contribution in [0.15, 0.2) is 127 Å². The number of allylic oxidation sites excluding steroid dienone is 6. The first-order chi connectivity index (χ1) is 29.3. The van der Waals surface area contributed by atoms with E-state index in [2.05, 4.69) is 36.5 Å². The molecule has 4 saturated heterocycles. The van der Waals surface area contributed by atoms with Crippen molar-refractivity contribution in [3.05, 3.63) is 127 Å². The van der Waals surface area contributed by atoms with Crippen LogP contribution >= 0.6 is 0 Å². The highest BCUT2D eigenvalue weighted by Crippen LogP contribution is 2.58. The van der Waals surface area contributed by atoms with Crippen molar-refractivity contribution in [2.75, 3.05) is 14.2 Å². The van der Waals surface area contributed by atoms with E-state index >= 15 is 24.0 Å². The third-order valence-electron chi connectivity index (χ3n) is 16.1. The zero-order chi connectivity index (χ0) is 40.3. The minimum absolute atomic E-state index is 0.00322. The molecule has 3 aromatic carbocycles. The predicted octanol–water partition coefficient (Wildman–Crippen LogP) is 3.69. The van der Waals surface area contributed by atoms with Crippen LogP contribution in [0.1, 0.15) is 19.3 Å². The summed E-state index contributed by atoms with van der Waals surface area (Å²) in [6, 6.07) is 28.2. The van der Waals surface area contributed by atoms with Crippen LogP contribution in [0.5, 0.6) is 0 Å². The van der Waals surface area contributed by atoms with E-state index in [0.29, 0.717) is 17.1 Å². The fourth-order valence-corrected chi connectivity index (χ4v) is 13.8. The van der Waals surface area contributed by atoms with Crippen LogP contribution in [0.2, 0.25) is 0 Å². The maximum Gasteiger partial charge on any atom is 0.494 e. The molecule has 60 heavy (non-hydrogen) atoms. The Balaban J connectivity index is 1.09. The number of rotatable bonds is 6. The summed E-state index contributed by atoms with van der Waals surface area (Å²) < 4.78 is 5.71. The van der Waals surface area contributed by atoms with Crippen molar-refractivity contribution in [1.29, 1.82) is 0 Å². The first-order valence-corrected chi connectivity index (χ1v) is 21.6. The Morgan fingerprint density at radius 3 is 1.08 bits per heavy atom. The lowest BCUT2D eigenvalue weighted by molar-refractivity contribution is -0.136. The lowest BCUT2D eigenvalue weighted by Gasteiger charge is -2.58. The van der Waals surface area contributed by atoms with Gasteiger partial charge in [0.2, 0.25) is 29.5 Å². The van der Waals surface area contributed by atoms with Crippen LogP contribution < -0.4 is 14.2 Å². The lowest BCUT2D eigenvalue weighted by Crippen LogP contribution is -2.89. The van der Waals surface area contributed by atoms with E-state index in [1.54, 1.807) is 0 Å². The van der Waals surface area contributed by atoms with E-state index in [0.717, 1.165) is 19.3 Å². The molecule has 6 bridgehead atoms. The number of benzene rings is 3. The summed E-state index contributed by atoms with van der Waals surface area (Å²) in [5.41, 5.74) is 1.74. The van der Waals surface area contributed by atoms with Crippen molar-refractivity contribution in [2.45, 2.75) is 25.5 Å². The van der Waals surface area contributed by atoms with Crippen molar-refractivity contribution in [3.8, 4) is 0 Å².